The quantitative estimate of drug-likeness (QED) is 0.819. The number of benzene rings is 1. The first kappa shape index (κ1) is 19.4. The van der Waals surface area contributed by atoms with Crippen LogP contribution in [0.15, 0.2) is 12.1 Å². The summed E-state index contributed by atoms with van der Waals surface area (Å²) in [5.41, 5.74) is 0.566. The molecule has 2 rings (SSSR count). The molecule has 1 aliphatic rings. The number of nitrogens with zero attached hydrogens (tertiary/aromatic N) is 1. The van der Waals surface area contributed by atoms with Gasteiger partial charge >= 0.3 is 0 Å². The zero-order chi connectivity index (χ0) is 18.4. The lowest BCUT2D eigenvalue weighted by Gasteiger charge is -2.36. The fraction of sp³-hybridized carbons (Fsp3) is 0.632. The molecule has 2 unspecified atom stereocenters. The highest BCUT2D eigenvalue weighted by Gasteiger charge is 2.27. The lowest BCUT2D eigenvalue weighted by atomic mass is 10.1. The van der Waals surface area contributed by atoms with E-state index in [2.05, 4.69) is 19.2 Å². The summed E-state index contributed by atoms with van der Waals surface area (Å²) in [6.07, 6.45) is 0. The molecule has 140 valence electrons. The summed E-state index contributed by atoms with van der Waals surface area (Å²) in [4.78, 5) is 14.9. The number of ether oxygens (including phenoxy) is 3. The third-order valence-corrected chi connectivity index (χ3v) is 4.00. The lowest BCUT2D eigenvalue weighted by molar-refractivity contribution is 0.0672. The van der Waals surface area contributed by atoms with Gasteiger partial charge in [-0.2, -0.15) is 0 Å². The van der Waals surface area contributed by atoms with E-state index in [-0.39, 0.29) is 18.0 Å². The maximum Gasteiger partial charge on any atom is 0.254 e. The van der Waals surface area contributed by atoms with Gasteiger partial charge in [-0.05, 0) is 46.8 Å². The standard InChI is InChI=1S/C19H30N2O4/c1-6-23-16-9-15(10-17(24-7-2)18(16)25-8-3)19(22)21-11-13(4)20-14(5)12-21/h9-10,13-14,20H,6-8,11-12H2,1-5H3. The van der Waals surface area contributed by atoms with Crippen LogP contribution in [-0.2, 0) is 0 Å². The Labute approximate surface area is 150 Å². The molecule has 6 nitrogen and oxygen atoms in total. The van der Waals surface area contributed by atoms with Crippen LogP contribution in [0.5, 0.6) is 17.2 Å². The van der Waals surface area contributed by atoms with Gasteiger partial charge in [0.1, 0.15) is 0 Å². The fourth-order valence-corrected chi connectivity index (χ4v) is 3.19. The van der Waals surface area contributed by atoms with E-state index in [1.54, 1.807) is 12.1 Å². The summed E-state index contributed by atoms with van der Waals surface area (Å²) in [7, 11) is 0. The molecule has 1 amide bonds. The summed E-state index contributed by atoms with van der Waals surface area (Å²) in [5, 5.41) is 3.44. The van der Waals surface area contributed by atoms with Crippen LogP contribution in [-0.4, -0.2) is 55.8 Å². The Hall–Kier alpha value is -1.95. The maximum atomic E-state index is 13.0. The van der Waals surface area contributed by atoms with Gasteiger partial charge in [-0.15, -0.1) is 0 Å². The predicted molar refractivity (Wildman–Crippen MR) is 97.9 cm³/mol. The molecule has 0 saturated carbocycles. The van der Waals surface area contributed by atoms with Gasteiger partial charge in [0.15, 0.2) is 11.5 Å². The SMILES string of the molecule is CCOc1cc(C(=O)N2CC(C)NC(C)C2)cc(OCC)c1OCC. The highest BCUT2D eigenvalue weighted by atomic mass is 16.5. The molecule has 0 aromatic heterocycles. The van der Waals surface area contributed by atoms with Gasteiger partial charge in [-0.25, -0.2) is 0 Å². The third-order valence-electron chi connectivity index (χ3n) is 4.00. The van der Waals surface area contributed by atoms with Crippen LogP contribution < -0.4 is 19.5 Å². The number of nitrogens with one attached hydrogen (secondary N) is 1. The van der Waals surface area contributed by atoms with E-state index in [9.17, 15) is 4.79 Å². The van der Waals surface area contributed by atoms with Crippen LogP contribution in [0.4, 0.5) is 0 Å². The first-order valence-electron chi connectivity index (χ1n) is 9.11. The Morgan fingerprint density at radius 2 is 1.48 bits per heavy atom. The minimum atomic E-state index is -0.00912. The van der Waals surface area contributed by atoms with Crippen LogP contribution >= 0.6 is 0 Å². The van der Waals surface area contributed by atoms with E-state index in [0.717, 1.165) is 0 Å². The Morgan fingerprint density at radius 3 is 1.92 bits per heavy atom. The Kier molecular flexibility index (Phi) is 6.93. The monoisotopic (exact) mass is 350 g/mol. The molecule has 1 heterocycles. The third kappa shape index (κ3) is 4.78. The highest BCUT2D eigenvalue weighted by Crippen LogP contribution is 2.39. The minimum Gasteiger partial charge on any atom is -0.490 e. The molecule has 0 bridgehead atoms. The van der Waals surface area contributed by atoms with Crippen molar-refractivity contribution < 1.29 is 19.0 Å². The molecule has 0 radical (unpaired) electrons. The van der Waals surface area contributed by atoms with Crippen molar-refractivity contribution in [3.8, 4) is 17.2 Å². The molecule has 1 saturated heterocycles. The second kappa shape index (κ2) is 8.94. The van der Waals surface area contributed by atoms with Crippen LogP contribution in [0, 0.1) is 0 Å². The van der Waals surface area contributed by atoms with E-state index in [1.807, 2.05) is 25.7 Å². The molecule has 1 aliphatic heterocycles. The number of piperazine rings is 1. The molecule has 25 heavy (non-hydrogen) atoms. The molecule has 1 N–H and O–H groups in total. The number of carbonyl (C=O) groups is 1. The van der Waals surface area contributed by atoms with Gasteiger partial charge < -0.3 is 24.4 Å². The fourth-order valence-electron chi connectivity index (χ4n) is 3.19. The number of rotatable bonds is 7. The van der Waals surface area contributed by atoms with Gasteiger partial charge in [0, 0.05) is 30.7 Å². The van der Waals surface area contributed by atoms with Crippen LogP contribution in [0.25, 0.3) is 0 Å². The van der Waals surface area contributed by atoms with E-state index >= 15 is 0 Å². The first-order valence-corrected chi connectivity index (χ1v) is 9.11. The molecule has 6 heteroatoms. The van der Waals surface area contributed by atoms with Crippen molar-refractivity contribution in [2.45, 2.75) is 46.7 Å². The molecule has 1 aromatic rings. The Morgan fingerprint density at radius 1 is 1.00 bits per heavy atom. The number of hydrogen-bond donors (Lipinski definition) is 1. The molecule has 1 aromatic carbocycles. The average molecular weight is 350 g/mol. The van der Waals surface area contributed by atoms with Gasteiger partial charge in [-0.1, -0.05) is 0 Å². The Bertz CT molecular complexity index is 554. The summed E-state index contributed by atoms with van der Waals surface area (Å²) in [5.74, 6) is 1.65. The topological polar surface area (TPSA) is 60.0 Å². The number of hydrogen-bond acceptors (Lipinski definition) is 5. The number of amides is 1. The predicted octanol–water partition coefficient (Wildman–Crippen LogP) is 2.71. The molecule has 1 fully saturated rings. The van der Waals surface area contributed by atoms with Crippen molar-refractivity contribution in [1.29, 1.82) is 0 Å². The minimum absolute atomic E-state index is 0.00912. The molecular formula is C19H30N2O4. The van der Waals surface area contributed by atoms with Crippen molar-refractivity contribution >= 4 is 5.91 Å². The van der Waals surface area contributed by atoms with Crippen molar-refractivity contribution in [2.24, 2.45) is 0 Å². The highest BCUT2D eigenvalue weighted by molar-refractivity contribution is 5.95. The zero-order valence-electron chi connectivity index (χ0n) is 15.9. The normalized spacial score (nSPS) is 20.3. The van der Waals surface area contributed by atoms with Crippen molar-refractivity contribution in [3.63, 3.8) is 0 Å². The van der Waals surface area contributed by atoms with Gasteiger partial charge in [0.2, 0.25) is 5.75 Å². The van der Waals surface area contributed by atoms with E-state index in [1.165, 1.54) is 0 Å². The Balaban J connectivity index is 2.37. The summed E-state index contributed by atoms with van der Waals surface area (Å²) < 4.78 is 17.1. The molecule has 0 aliphatic carbocycles. The second-order valence-electron chi connectivity index (χ2n) is 6.28. The lowest BCUT2D eigenvalue weighted by Crippen LogP contribution is -2.55. The van der Waals surface area contributed by atoms with Crippen molar-refractivity contribution in [2.75, 3.05) is 32.9 Å². The molecule has 0 spiro atoms. The molecular weight excluding hydrogens is 320 g/mol. The van der Waals surface area contributed by atoms with Gasteiger partial charge in [0.05, 0.1) is 19.8 Å². The zero-order valence-corrected chi connectivity index (χ0v) is 15.9. The van der Waals surface area contributed by atoms with Crippen LogP contribution in [0.3, 0.4) is 0 Å². The smallest absolute Gasteiger partial charge is 0.254 e. The molecule has 2 atom stereocenters. The largest absolute Gasteiger partial charge is 0.490 e. The van der Waals surface area contributed by atoms with Crippen LogP contribution in [0.1, 0.15) is 45.0 Å². The maximum absolute atomic E-state index is 13.0. The van der Waals surface area contributed by atoms with Crippen molar-refractivity contribution in [1.82, 2.24) is 10.2 Å². The van der Waals surface area contributed by atoms with Crippen molar-refractivity contribution in [3.05, 3.63) is 17.7 Å². The van der Waals surface area contributed by atoms with Gasteiger partial charge in [0.25, 0.3) is 5.91 Å². The first-order chi connectivity index (χ1) is 12.0. The van der Waals surface area contributed by atoms with E-state index < -0.39 is 0 Å². The summed E-state index contributed by atoms with van der Waals surface area (Å²) >= 11 is 0. The van der Waals surface area contributed by atoms with E-state index in [0.29, 0.717) is 55.7 Å². The second-order valence-corrected chi connectivity index (χ2v) is 6.28. The summed E-state index contributed by atoms with van der Waals surface area (Å²) in [6, 6.07) is 4.06. The number of carbonyl (C=O) groups excluding carboxylic acids is 1. The average Bonchev–Trinajstić information content (AvgIpc) is 2.56. The van der Waals surface area contributed by atoms with Crippen LogP contribution in [0.2, 0.25) is 0 Å². The van der Waals surface area contributed by atoms with E-state index in [4.69, 9.17) is 14.2 Å². The summed E-state index contributed by atoms with van der Waals surface area (Å²) in [6.45, 7) is 12.8. The van der Waals surface area contributed by atoms with Gasteiger partial charge in [-0.3, -0.25) is 4.79 Å².